The van der Waals surface area contributed by atoms with Crippen LogP contribution in [0.4, 0.5) is 0 Å². The minimum absolute atomic E-state index is 0.788. The minimum Gasteiger partial charge on any atom is -0.0925 e. The normalized spacial score (nSPS) is 52.8. The topological polar surface area (TPSA) is 0 Å². The molecule has 0 heterocycles. The van der Waals surface area contributed by atoms with E-state index in [0.29, 0.717) is 0 Å². The van der Waals surface area contributed by atoms with Crippen LogP contribution in [0.25, 0.3) is 0 Å². The van der Waals surface area contributed by atoms with E-state index >= 15 is 0 Å². The molecule has 4 atom stereocenters. The van der Waals surface area contributed by atoms with E-state index in [0.717, 1.165) is 23.2 Å². The third-order valence-corrected chi connectivity index (χ3v) is 5.09. The first-order valence-corrected chi connectivity index (χ1v) is 6.37. The quantitative estimate of drug-likeness (QED) is 0.601. The van der Waals surface area contributed by atoms with Gasteiger partial charge in [0.25, 0.3) is 0 Å². The van der Waals surface area contributed by atoms with Gasteiger partial charge in [0.05, 0.1) is 0 Å². The van der Waals surface area contributed by atoms with Crippen LogP contribution in [0, 0.1) is 23.2 Å². The van der Waals surface area contributed by atoms with Crippen LogP contribution in [0.1, 0.15) is 39.5 Å². The molecule has 1 heteroatoms. The van der Waals surface area contributed by atoms with E-state index in [1.165, 1.54) is 31.0 Å². The Hall–Kier alpha value is 0.480. The molecule has 2 fully saturated rings. The standard InChI is InChI=1S/C11H19Br/c1-8-3-4-11(9(2)5-8)6-10(11)7-12/h8-10H,3-7H2,1-2H3. The zero-order chi connectivity index (χ0) is 8.77. The van der Waals surface area contributed by atoms with Crippen LogP contribution in [0.3, 0.4) is 0 Å². The van der Waals surface area contributed by atoms with Gasteiger partial charge in [-0.3, -0.25) is 0 Å². The summed E-state index contributed by atoms with van der Waals surface area (Å²) in [5, 5.41) is 1.24. The summed E-state index contributed by atoms with van der Waals surface area (Å²) >= 11 is 3.63. The summed E-state index contributed by atoms with van der Waals surface area (Å²) in [5.74, 6) is 2.99. The number of hydrogen-bond donors (Lipinski definition) is 0. The van der Waals surface area contributed by atoms with Crippen LogP contribution in [0.5, 0.6) is 0 Å². The van der Waals surface area contributed by atoms with Gasteiger partial charge in [-0.1, -0.05) is 36.2 Å². The van der Waals surface area contributed by atoms with Gasteiger partial charge in [-0.25, -0.2) is 0 Å². The lowest BCUT2D eigenvalue weighted by Crippen LogP contribution is -2.24. The van der Waals surface area contributed by atoms with Crippen molar-refractivity contribution in [3.8, 4) is 0 Å². The molecule has 70 valence electrons. The van der Waals surface area contributed by atoms with E-state index in [1.807, 2.05) is 0 Å². The Morgan fingerprint density at radius 1 is 1.42 bits per heavy atom. The maximum atomic E-state index is 3.63. The van der Waals surface area contributed by atoms with Crippen LogP contribution in [-0.4, -0.2) is 5.33 Å². The molecule has 0 aromatic carbocycles. The SMILES string of the molecule is CC1CCC2(CC2CBr)C(C)C1. The Labute approximate surface area is 84.2 Å². The van der Waals surface area contributed by atoms with Crippen molar-refractivity contribution in [1.29, 1.82) is 0 Å². The second kappa shape index (κ2) is 3.01. The van der Waals surface area contributed by atoms with Crippen LogP contribution < -0.4 is 0 Å². The number of halogens is 1. The van der Waals surface area contributed by atoms with E-state index < -0.39 is 0 Å². The highest BCUT2D eigenvalue weighted by molar-refractivity contribution is 9.09. The Kier molecular flexibility index (Phi) is 2.27. The highest BCUT2D eigenvalue weighted by Gasteiger charge is 2.57. The number of rotatable bonds is 1. The fourth-order valence-corrected chi connectivity index (χ4v) is 4.11. The summed E-state index contributed by atoms with van der Waals surface area (Å²) in [7, 11) is 0. The fraction of sp³-hybridized carbons (Fsp3) is 1.00. The number of alkyl halides is 1. The largest absolute Gasteiger partial charge is 0.0925 e. The molecular weight excluding hydrogens is 212 g/mol. The van der Waals surface area contributed by atoms with Crippen LogP contribution in [0.2, 0.25) is 0 Å². The van der Waals surface area contributed by atoms with Gasteiger partial charge in [0.2, 0.25) is 0 Å². The second-order valence-electron chi connectivity index (χ2n) is 5.07. The maximum absolute atomic E-state index is 3.63. The lowest BCUT2D eigenvalue weighted by molar-refractivity contribution is 0.170. The van der Waals surface area contributed by atoms with Crippen molar-refractivity contribution in [2.75, 3.05) is 5.33 Å². The molecule has 2 rings (SSSR count). The Balaban J connectivity index is 2.00. The van der Waals surface area contributed by atoms with Gasteiger partial charge in [-0.15, -0.1) is 0 Å². The zero-order valence-electron chi connectivity index (χ0n) is 8.15. The van der Waals surface area contributed by atoms with Crippen LogP contribution >= 0.6 is 15.9 Å². The average Bonchev–Trinajstić information content (AvgIpc) is 2.74. The molecule has 4 unspecified atom stereocenters. The fourth-order valence-electron chi connectivity index (χ4n) is 3.24. The van der Waals surface area contributed by atoms with Crippen molar-refractivity contribution in [2.45, 2.75) is 39.5 Å². The molecule has 0 aromatic rings. The van der Waals surface area contributed by atoms with E-state index in [2.05, 4.69) is 29.8 Å². The second-order valence-corrected chi connectivity index (χ2v) is 5.72. The molecule has 0 radical (unpaired) electrons. The van der Waals surface area contributed by atoms with Crippen molar-refractivity contribution in [1.82, 2.24) is 0 Å². The van der Waals surface area contributed by atoms with Gasteiger partial charge in [-0.2, -0.15) is 0 Å². The molecule has 0 saturated heterocycles. The van der Waals surface area contributed by atoms with E-state index in [9.17, 15) is 0 Å². The van der Waals surface area contributed by atoms with Crippen molar-refractivity contribution in [3.63, 3.8) is 0 Å². The monoisotopic (exact) mass is 230 g/mol. The van der Waals surface area contributed by atoms with Crippen molar-refractivity contribution >= 4 is 15.9 Å². The molecule has 0 aliphatic heterocycles. The summed E-state index contributed by atoms with van der Waals surface area (Å²) in [6.07, 6.45) is 5.97. The van der Waals surface area contributed by atoms with Crippen molar-refractivity contribution in [2.24, 2.45) is 23.2 Å². The molecule has 0 nitrogen and oxygen atoms in total. The summed E-state index contributed by atoms with van der Waals surface area (Å²) in [6.45, 7) is 4.88. The molecule has 2 aliphatic rings. The molecule has 0 aromatic heterocycles. The maximum Gasteiger partial charge on any atom is 0.00652 e. The summed E-state index contributed by atoms with van der Waals surface area (Å²) < 4.78 is 0. The summed E-state index contributed by atoms with van der Waals surface area (Å²) in [6, 6.07) is 0. The smallest absolute Gasteiger partial charge is 0.00652 e. The van der Waals surface area contributed by atoms with E-state index in [1.54, 1.807) is 0 Å². The lowest BCUT2D eigenvalue weighted by atomic mass is 9.72. The molecule has 0 amide bonds. The first kappa shape index (κ1) is 9.05. The van der Waals surface area contributed by atoms with E-state index in [-0.39, 0.29) is 0 Å². The van der Waals surface area contributed by atoms with Gasteiger partial charge in [0.1, 0.15) is 0 Å². The van der Waals surface area contributed by atoms with Gasteiger partial charge in [0, 0.05) is 5.33 Å². The third-order valence-electron chi connectivity index (χ3n) is 4.31. The van der Waals surface area contributed by atoms with Crippen molar-refractivity contribution < 1.29 is 0 Å². The first-order valence-electron chi connectivity index (χ1n) is 5.25. The molecule has 0 N–H and O–H groups in total. The zero-order valence-corrected chi connectivity index (χ0v) is 9.73. The molecule has 0 bridgehead atoms. The van der Waals surface area contributed by atoms with Gasteiger partial charge >= 0.3 is 0 Å². The predicted octanol–water partition coefficient (Wildman–Crippen LogP) is 3.84. The third kappa shape index (κ3) is 1.25. The van der Waals surface area contributed by atoms with Crippen LogP contribution in [0.15, 0.2) is 0 Å². The van der Waals surface area contributed by atoms with Gasteiger partial charge < -0.3 is 0 Å². The summed E-state index contributed by atoms with van der Waals surface area (Å²) in [5.41, 5.74) is 0.788. The Bertz CT molecular complexity index is 178. The highest BCUT2D eigenvalue weighted by Crippen LogP contribution is 2.65. The number of hydrogen-bond acceptors (Lipinski definition) is 0. The van der Waals surface area contributed by atoms with Gasteiger partial charge in [-0.05, 0) is 42.4 Å². The summed E-state index contributed by atoms with van der Waals surface area (Å²) in [4.78, 5) is 0. The first-order chi connectivity index (χ1) is 5.69. The average molecular weight is 231 g/mol. The van der Waals surface area contributed by atoms with Gasteiger partial charge in [0.15, 0.2) is 0 Å². The molecular formula is C11H19Br. The highest BCUT2D eigenvalue weighted by atomic mass is 79.9. The van der Waals surface area contributed by atoms with E-state index in [4.69, 9.17) is 0 Å². The van der Waals surface area contributed by atoms with Crippen LogP contribution in [-0.2, 0) is 0 Å². The molecule has 2 saturated carbocycles. The predicted molar refractivity (Wildman–Crippen MR) is 56.5 cm³/mol. The molecule has 1 spiro atoms. The molecule has 2 aliphatic carbocycles. The lowest BCUT2D eigenvalue weighted by Gasteiger charge is -2.34. The minimum atomic E-state index is 0.788. The van der Waals surface area contributed by atoms with Crippen molar-refractivity contribution in [3.05, 3.63) is 0 Å². The molecule has 12 heavy (non-hydrogen) atoms. The Morgan fingerprint density at radius 2 is 2.17 bits per heavy atom. The Morgan fingerprint density at radius 3 is 2.67 bits per heavy atom.